The van der Waals surface area contributed by atoms with E-state index in [0.717, 1.165) is 60.4 Å². The van der Waals surface area contributed by atoms with Gasteiger partial charge in [0.15, 0.2) is 11.7 Å². The number of methoxy groups -OCH3 is 1. The largest absolute Gasteiger partial charge is 0.497 e. The molecule has 1 fully saturated rings. The Morgan fingerprint density at radius 2 is 1.88 bits per heavy atom. The fourth-order valence-electron chi connectivity index (χ4n) is 3.98. The fraction of sp³-hybridized carbons (Fsp3) is 0.440. The van der Waals surface area contributed by atoms with Crippen molar-refractivity contribution in [1.82, 2.24) is 9.88 Å². The number of anilines is 1. The monoisotopic (exact) mass is 469 g/mol. The Morgan fingerprint density at radius 1 is 1.15 bits per heavy atom. The first kappa shape index (κ1) is 23.5. The lowest BCUT2D eigenvalue weighted by Crippen LogP contribution is -2.40. The van der Waals surface area contributed by atoms with E-state index in [-0.39, 0.29) is 12.5 Å². The summed E-state index contributed by atoms with van der Waals surface area (Å²) in [4.78, 5) is 22.2. The number of aryl methyl sites for hydroxylation is 2. The van der Waals surface area contributed by atoms with Gasteiger partial charge in [-0.2, -0.15) is 0 Å². The van der Waals surface area contributed by atoms with Gasteiger partial charge in [0.1, 0.15) is 11.5 Å². The maximum Gasteiger partial charge on any atom is 0.266 e. The Labute approximate surface area is 198 Å². The van der Waals surface area contributed by atoms with Gasteiger partial charge >= 0.3 is 0 Å². The number of morpholine rings is 1. The summed E-state index contributed by atoms with van der Waals surface area (Å²) in [5.74, 6) is 1.29. The molecule has 7 nitrogen and oxygen atoms in total. The molecule has 1 saturated heterocycles. The van der Waals surface area contributed by atoms with Crippen molar-refractivity contribution in [3.8, 4) is 11.5 Å². The molecule has 0 N–H and O–H groups in total. The summed E-state index contributed by atoms with van der Waals surface area (Å²) < 4.78 is 17.5. The number of hydrogen-bond acceptors (Lipinski definition) is 7. The molecule has 176 valence electrons. The Hall–Kier alpha value is -2.68. The van der Waals surface area contributed by atoms with Crippen molar-refractivity contribution in [3.05, 3.63) is 47.5 Å². The molecule has 0 saturated carbocycles. The number of rotatable bonds is 9. The quantitative estimate of drug-likeness (QED) is 0.471. The zero-order valence-corrected chi connectivity index (χ0v) is 20.3. The van der Waals surface area contributed by atoms with Gasteiger partial charge in [-0.3, -0.25) is 14.6 Å². The van der Waals surface area contributed by atoms with E-state index in [4.69, 9.17) is 19.2 Å². The number of carbonyl (C=O) groups excluding carboxylic acids is 1. The van der Waals surface area contributed by atoms with Crippen LogP contribution in [0.3, 0.4) is 0 Å². The van der Waals surface area contributed by atoms with Gasteiger partial charge in [0.2, 0.25) is 0 Å². The van der Waals surface area contributed by atoms with Crippen LogP contribution in [0.25, 0.3) is 10.2 Å². The van der Waals surface area contributed by atoms with Crippen molar-refractivity contribution < 1.29 is 19.0 Å². The summed E-state index contributed by atoms with van der Waals surface area (Å²) in [5, 5.41) is 0.726. The first-order chi connectivity index (χ1) is 16.0. The molecule has 33 heavy (non-hydrogen) atoms. The van der Waals surface area contributed by atoms with Crippen LogP contribution in [0.1, 0.15) is 17.5 Å². The van der Waals surface area contributed by atoms with Crippen molar-refractivity contribution in [2.75, 3.05) is 58.0 Å². The van der Waals surface area contributed by atoms with Crippen LogP contribution in [0.4, 0.5) is 5.13 Å². The number of carbonyl (C=O) groups is 1. The minimum Gasteiger partial charge on any atom is -0.497 e. The van der Waals surface area contributed by atoms with E-state index in [9.17, 15) is 4.79 Å². The van der Waals surface area contributed by atoms with Gasteiger partial charge in [-0.25, -0.2) is 4.98 Å². The SMILES string of the molecule is COc1ccc(OCC(=O)N(CCCN2CCOCC2)c2nc3cc(C)cc(C)c3s2)cc1. The van der Waals surface area contributed by atoms with Crippen LogP contribution < -0.4 is 14.4 Å². The summed E-state index contributed by atoms with van der Waals surface area (Å²) >= 11 is 1.57. The first-order valence-corrected chi connectivity index (χ1v) is 12.1. The van der Waals surface area contributed by atoms with Gasteiger partial charge < -0.3 is 14.2 Å². The number of nitrogens with zero attached hydrogens (tertiary/aromatic N) is 3. The van der Waals surface area contributed by atoms with Crippen LogP contribution in [0.5, 0.6) is 11.5 Å². The summed E-state index contributed by atoms with van der Waals surface area (Å²) in [6.07, 6.45) is 0.863. The molecule has 0 unspecified atom stereocenters. The fourth-order valence-corrected chi connectivity index (χ4v) is 5.04. The summed E-state index contributed by atoms with van der Waals surface area (Å²) in [7, 11) is 1.62. The molecule has 4 rings (SSSR count). The van der Waals surface area contributed by atoms with Crippen LogP contribution in [0, 0.1) is 13.8 Å². The number of hydrogen-bond donors (Lipinski definition) is 0. The molecule has 8 heteroatoms. The third kappa shape index (κ3) is 6.01. The van der Waals surface area contributed by atoms with Gasteiger partial charge in [-0.15, -0.1) is 0 Å². The van der Waals surface area contributed by atoms with E-state index >= 15 is 0 Å². The molecule has 0 radical (unpaired) electrons. The van der Waals surface area contributed by atoms with Gasteiger partial charge in [0, 0.05) is 26.2 Å². The second kappa shape index (κ2) is 11.0. The Morgan fingerprint density at radius 3 is 2.61 bits per heavy atom. The molecule has 1 amide bonds. The maximum atomic E-state index is 13.3. The lowest BCUT2D eigenvalue weighted by atomic mass is 10.1. The molecule has 0 aliphatic carbocycles. The molecule has 0 bridgehead atoms. The highest BCUT2D eigenvalue weighted by Crippen LogP contribution is 2.32. The zero-order chi connectivity index (χ0) is 23.2. The summed E-state index contributed by atoms with van der Waals surface area (Å²) in [6.45, 7) is 9.06. The second-order valence-electron chi connectivity index (χ2n) is 8.24. The van der Waals surface area contributed by atoms with Gasteiger partial charge in [0.05, 0.1) is 30.5 Å². The molecule has 1 aromatic heterocycles. The van der Waals surface area contributed by atoms with Gasteiger partial charge in [-0.05, 0) is 61.7 Å². The summed E-state index contributed by atoms with van der Waals surface area (Å²) in [5.41, 5.74) is 3.29. The normalized spacial score (nSPS) is 14.4. The maximum absolute atomic E-state index is 13.3. The lowest BCUT2D eigenvalue weighted by Gasteiger charge is -2.27. The molecule has 3 aromatic rings. The van der Waals surface area contributed by atoms with Crippen LogP contribution in [0.15, 0.2) is 36.4 Å². The van der Waals surface area contributed by atoms with Crippen molar-refractivity contribution in [3.63, 3.8) is 0 Å². The van der Waals surface area contributed by atoms with E-state index in [1.807, 2.05) is 12.1 Å². The van der Waals surface area contributed by atoms with Crippen molar-refractivity contribution in [2.45, 2.75) is 20.3 Å². The number of amides is 1. The van der Waals surface area contributed by atoms with E-state index in [1.54, 1.807) is 35.5 Å². The number of thiazole rings is 1. The Balaban J connectivity index is 1.48. The summed E-state index contributed by atoms with van der Waals surface area (Å²) in [6, 6.07) is 11.5. The van der Waals surface area contributed by atoms with Crippen LogP contribution >= 0.6 is 11.3 Å². The van der Waals surface area contributed by atoms with E-state index < -0.39 is 0 Å². The van der Waals surface area contributed by atoms with Gasteiger partial charge in [-0.1, -0.05) is 17.4 Å². The van der Waals surface area contributed by atoms with Crippen molar-refractivity contribution >= 4 is 32.6 Å². The zero-order valence-electron chi connectivity index (χ0n) is 19.5. The van der Waals surface area contributed by atoms with E-state index in [1.165, 1.54) is 11.1 Å². The average Bonchev–Trinajstić information content (AvgIpc) is 3.25. The van der Waals surface area contributed by atoms with Crippen LogP contribution in [-0.4, -0.2) is 68.9 Å². The molecule has 2 heterocycles. The second-order valence-corrected chi connectivity index (χ2v) is 9.22. The van der Waals surface area contributed by atoms with Crippen molar-refractivity contribution in [2.24, 2.45) is 0 Å². The average molecular weight is 470 g/mol. The highest BCUT2D eigenvalue weighted by atomic mass is 32.1. The minimum atomic E-state index is -0.0961. The molecule has 1 aliphatic heterocycles. The predicted octanol–water partition coefficient (Wildman–Crippen LogP) is 4.06. The van der Waals surface area contributed by atoms with E-state index in [0.29, 0.717) is 12.3 Å². The molecule has 2 aromatic carbocycles. The standard InChI is InChI=1S/C25H31N3O4S/c1-18-15-19(2)24-22(16-18)26-25(33-24)28(10-4-9-27-11-13-31-14-12-27)23(29)17-32-21-7-5-20(30-3)6-8-21/h5-8,15-16H,4,9-14,17H2,1-3H3. The number of aromatic nitrogens is 1. The predicted molar refractivity (Wildman–Crippen MR) is 132 cm³/mol. The molecular formula is C25H31N3O4S. The third-order valence-electron chi connectivity index (χ3n) is 5.72. The highest BCUT2D eigenvalue weighted by molar-refractivity contribution is 7.22. The number of fused-ring (bicyclic) bond motifs is 1. The Kier molecular flexibility index (Phi) is 7.80. The number of benzene rings is 2. The lowest BCUT2D eigenvalue weighted by molar-refractivity contribution is -0.120. The molecule has 0 spiro atoms. The smallest absolute Gasteiger partial charge is 0.266 e. The third-order valence-corrected chi connectivity index (χ3v) is 6.95. The molecule has 0 atom stereocenters. The van der Waals surface area contributed by atoms with Crippen LogP contribution in [0.2, 0.25) is 0 Å². The molecular weight excluding hydrogens is 438 g/mol. The van der Waals surface area contributed by atoms with Crippen LogP contribution in [-0.2, 0) is 9.53 Å². The highest BCUT2D eigenvalue weighted by Gasteiger charge is 2.21. The number of ether oxygens (including phenoxy) is 3. The molecule has 1 aliphatic rings. The van der Waals surface area contributed by atoms with Crippen molar-refractivity contribution in [1.29, 1.82) is 0 Å². The Bertz CT molecular complexity index is 1080. The topological polar surface area (TPSA) is 64.1 Å². The minimum absolute atomic E-state index is 0.0438. The first-order valence-electron chi connectivity index (χ1n) is 11.3. The van der Waals surface area contributed by atoms with E-state index in [2.05, 4.69) is 30.9 Å². The van der Waals surface area contributed by atoms with Gasteiger partial charge in [0.25, 0.3) is 5.91 Å².